The van der Waals surface area contributed by atoms with E-state index in [4.69, 9.17) is 10.3 Å². The van der Waals surface area contributed by atoms with Crippen molar-refractivity contribution in [3.8, 4) is 11.5 Å². The Balaban J connectivity index is 1.86. The van der Waals surface area contributed by atoms with Crippen LogP contribution in [0.3, 0.4) is 0 Å². The van der Waals surface area contributed by atoms with Crippen LogP contribution in [0.1, 0.15) is 18.7 Å². The highest BCUT2D eigenvalue weighted by Gasteiger charge is 2.09. The number of halogens is 1. The van der Waals surface area contributed by atoms with Crippen molar-refractivity contribution in [3.05, 3.63) is 30.0 Å². The fourth-order valence-corrected chi connectivity index (χ4v) is 2.28. The van der Waals surface area contributed by atoms with Gasteiger partial charge in [-0.05, 0) is 37.3 Å². The molecule has 0 fully saturated rings. The fourth-order valence-electron chi connectivity index (χ4n) is 1.43. The van der Waals surface area contributed by atoms with Gasteiger partial charge in [0.1, 0.15) is 11.5 Å². The Hall–Kier alpha value is -1.47. The third-order valence-corrected chi connectivity index (χ3v) is 3.42. The predicted octanol–water partition coefficient (Wildman–Crippen LogP) is 2.24. The Morgan fingerprint density at radius 1 is 1.32 bits per heavy atom. The van der Waals surface area contributed by atoms with Crippen LogP contribution in [0.25, 0.3) is 11.5 Å². The van der Waals surface area contributed by atoms with Crippen LogP contribution < -0.4 is 5.73 Å². The maximum absolute atomic E-state index is 12.7. The summed E-state index contributed by atoms with van der Waals surface area (Å²) in [5, 5.41) is 3.83. The molecule has 19 heavy (non-hydrogen) atoms. The number of hydrogen-bond donors (Lipinski definition) is 1. The minimum Gasteiger partial charge on any atom is -0.338 e. The molecule has 0 saturated carbocycles. The van der Waals surface area contributed by atoms with Crippen LogP contribution in [0.5, 0.6) is 0 Å². The van der Waals surface area contributed by atoms with E-state index in [2.05, 4.69) is 15.1 Å². The van der Waals surface area contributed by atoms with Crippen molar-refractivity contribution in [3.63, 3.8) is 0 Å². The van der Waals surface area contributed by atoms with Crippen LogP contribution in [-0.2, 0) is 5.75 Å². The molecule has 0 radical (unpaired) electrons. The van der Waals surface area contributed by atoms with E-state index >= 15 is 0 Å². The lowest BCUT2D eigenvalue weighted by atomic mass is 10.3. The molecule has 2 heterocycles. The second-order valence-electron chi connectivity index (χ2n) is 3.92. The zero-order valence-corrected chi connectivity index (χ0v) is 11.2. The van der Waals surface area contributed by atoms with Gasteiger partial charge in [-0.2, -0.15) is 16.7 Å². The summed E-state index contributed by atoms with van der Waals surface area (Å²) in [5.74, 6) is 2.24. The summed E-state index contributed by atoms with van der Waals surface area (Å²) >= 11 is 1.73. The predicted molar refractivity (Wildman–Crippen MR) is 71.9 cm³/mol. The van der Waals surface area contributed by atoms with Crippen LogP contribution in [0.4, 0.5) is 4.39 Å². The molecule has 0 saturated heterocycles. The van der Waals surface area contributed by atoms with Gasteiger partial charge in [0.15, 0.2) is 0 Å². The molecule has 0 aromatic carbocycles. The minimum atomic E-state index is -0.386. The number of hydrogen-bond acceptors (Lipinski definition) is 6. The first-order valence-electron chi connectivity index (χ1n) is 6.02. The van der Waals surface area contributed by atoms with Crippen molar-refractivity contribution < 1.29 is 8.91 Å². The second kappa shape index (κ2) is 7.20. The third-order valence-electron chi connectivity index (χ3n) is 2.39. The Morgan fingerprint density at radius 3 is 2.95 bits per heavy atom. The number of nitrogens with two attached hydrogens (primary N) is 1. The van der Waals surface area contributed by atoms with Gasteiger partial charge in [-0.25, -0.2) is 9.37 Å². The molecule has 2 aromatic heterocycles. The Labute approximate surface area is 114 Å². The molecule has 0 aliphatic heterocycles. The number of rotatable bonds is 7. The normalized spacial score (nSPS) is 10.8. The minimum absolute atomic E-state index is 0.386. The zero-order chi connectivity index (χ0) is 13.5. The first-order valence-corrected chi connectivity index (χ1v) is 7.17. The molecule has 0 spiro atoms. The lowest BCUT2D eigenvalue weighted by molar-refractivity contribution is 0.391. The Kier molecular flexibility index (Phi) is 5.29. The Morgan fingerprint density at radius 2 is 2.21 bits per heavy atom. The summed E-state index contributed by atoms with van der Waals surface area (Å²) in [6.07, 6.45) is 3.25. The van der Waals surface area contributed by atoms with Gasteiger partial charge in [-0.3, -0.25) is 0 Å². The van der Waals surface area contributed by atoms with Gasteiger partial charge < -0.3 is 10.3 Å². The molecule has 0 atom stereocenters. The van der Waals surface area contributed by atoms with Gasteiger partial charge in [-0.15, -0.1) is 0 Å². The number of unbranched alkanes of at least 4 members (excludes halogenated alkanes) is 1. The SMILES string of the molecule is NCCCCSCc1nc(-c2ccc(F)cn2)no1. The van der Waals surface area contributed by atoms with E-state index in [1.54, 1.807) is 11.8 Å². The maximum Gasteiger partial charge on any atom is 0.237 e. The monoisotopic (exact) mass is 282 g/mol. The average molecular weight is 282 g/mol. The number of aromatic nitrogens is 3. The fraction of sp³-hybridized carbons (Fsp3) is 0.417. The van der Waals surface area contributed by atoms with Gasteiger partial charge in [0, 0.05) is 0 Å². The smallest absolute Gasteiger partial charge is 0.237 e. The van der Waals surface area contributed by atoms with Crippen LogP contribution in [0, 0.1) is 5.82 Å². The lowest BCUT2D eigenvalue weighted by Gasteiger charge is -1.96. The third kappa shape index (κ3) is 4.29. The van der Waals surface area contributed by atoms with E-state index in [1.807, 2.05) is 0 Å². The molecule has 0 bridgehead atoms. The molecular formula is C12H15FN4OS. The van der Waals surface area contributed by atoms with Gasteiger partial charge >= 0.3 is 0 Å². The van der Waals surface area contributed by atoms with E-state index in [0.29, 0.717) is 23.2 Å². The lowest BCUT2D eigenvalue weighted by Crippen LogP contribution is -1.98. The molecular weight excluding hydrogens is 267 g/mol. The van der Waals surface area contributed by atoms with Crippen molar-refractivity contribution in [1.82, 2.24) is 15.1 Å². The van der Waals surface area contributed by atoms with E-state index in [1.165, 1.54) is 12.1 Å². The maximum atomic E-state index is 12.7. The number of nitrogens with zero attached hydrogens (tertiary/aromatic N) is 3. The van der Waals surface area contributed by atoms with Gasteiger partial charge in [0.2, 0.25) is 11.7 Å². The van der Waals surface area contributed by atoms with Crippen molar-refractivity contribution in [2.75, 3.05) is 12.3 Å². The largest absolute Gasteiger partial charge is 0.338 e. The summed E-state index contributed by atoms with van der Waals surface area (Å²) < 4.78 is 17.9. The highest BCUT2D eigenvalue weighted by molar-refractivity contribution is 7.98. The van der Waals surface area contributed by atoms with Crippen LogP contribution >= 0.6 is 11.8 Å². The molecule has 0 amide bonds. The van der Waals surface area contributed by atoms with Crippen molar-refractivity contribution in [1.29, 1.82) is 0 Å². The van der Waals surface area contributed by atoms with E-state index in [-0.39, 0.29) is 5.82 Å². The van der Waals surface area contributed by atoms with Crippen molar-refractivity contribution >= 4 is 11.8 Å². The standard InChI is InChI=1S/C12H15FN4OS/c13-9-3-4-10(15-7-9)12-16-11(18-17-12)8-19-6-2-1-5-14/h3-4,7H,1-2,5-6,8,14H2. The highest BCUT2D eigenvalue weighted by Crippen LogP contribution is 2.17. The van der Waals surface area contributed by atoms with E-state index in [9.17, 15) is 4.39 Å². The summed E-state index contributed by atoms with van der Waals surface area (Å²) in [4.78, 5) is 8.12. The molecule has 0 unspecified atom stereocenters. The van der Waals surface area contributed by atoms with E-state index in [0.717, 1.165) is 31.3 Å². The molecule has 2 rings (SSSR count). The first kappa shape index (κ1) is 14.0. The van der Waals surface area contributed by atoms with Crippen molar-refractivity contribution in [2.24, 2.45) is 5.73 Å². The summed E-state index contributed by atoms with van der Waals surface area (Å²) in [6.45, 7) is 0.724. The number of thioether (sulfide) groups is 1. The second-order valence-corrected chi connectivity index (χ2v) is 5.03. The van der Waals surface area contributed by atoms with Crippen LogP contribution in [-0.4, -0.2) is 27.4 Å². The summed E-state index contributed by atoms with van der Waals surface area (Å²) in [6, 6.07) is 2.85. The number of pyridine rings is 1. The molecule has 0 aliphatic carbocycles. The first-order chi connectivity index (χ1) is 9.29. The van der Waals surface area contributed by atoms with Crippen molar-refractivity contribution in [2.45, 2.75) is 18.6 Å². The molecule has 5 nitrogen and oxygen atoms in total. The molecule has 2 N–H and O–H groups in total. The topological polar surface area (TPSA) is 77.8 Å². The quantitative estimate of drug-likeness (QED) is 0.785. The molecule has 2 aromatic rings. The summed E-state index contributed by atoms with van der Waals surface area (Å²) in [7, 11) is 0. The molecule has 0 aliphatic rings. The zero-order valence-electron chi connectivity index (χ0n) is 10.4. The highest BCUT2D eigenvalue weighted by atomic mass is 32.2. The van der Waals surface area contributed by atoms with Gasteiger partial charge in [-0.1, -0.05) is 5.16 Å². The van der Waals surface area contributed by atoms with E-state index < -0.39 is 0 Å². The van der Waals surface area contributed by atoms with Crippen LogP contribution in [0.2, 0.25) is 0 Å². The van der Waals surface area contributed by atoms with Crippen LogP contribution in [0.15, 0.2) is 22.9 Å². The van der Waals surface area contributed by atoms with Gasteiger partial charge in [0.25, 0.3) is 0 Å². The summed E-state index contributed by atoms with van der Waals surface area (Å²) in [5.41, 5.74) is 5.92. The average Bonchev–Trinajstić information content (AvgIpc) is 2.88. The molecule has 102 valence electrons. The van der Waals surface area contributed by atoms with Gasteiger partial charge in [0.05, 0.1) is 11.9 Å². The molecule has 7 heteroatoms. The Bertz CT molecular complexity index is 503.